The Labute approximate surface area is 262 Å². The summed E-state index contributed by atoms with van der Waals surface area (Å²) in [6.07, 6.45) is 0.570. The molecule has 0 bridgehead atoms. The molecule has 16 nitrogen and oxygen atoms in total. The van der Waals surface area contributed by atoms with Gasteiger partial charge in [-0.15, -0.1) is 11.3 Å². The minimum Gasteiger partial charge on any atom is -0.489 e. The average Bonchev–Trinajstić information content (AvgIpc) is 3.56. The summed E-state index contributed by atoms with van der Waals surface area (Å²) in [6, 6.07) is 6.84. The first-order valence-corrected chi connectivity index (χ1v) is 15.9. The van der Waals surface area contributed by atoms with Gasteiger partial charge in [0.05, 0.1) is 17.2 Å². The maximum atomic E-state index is 13.3. The minimum atomic E-state index is -4.84. The van der Waals surface area contributed by atoms with Crippen molar-refractivity contribution in [2.75, 3.05) is 18.9 Å². The fourth-order valence-corrected chi connectivity index (χ4v) is 6.39. The summed E-state index contributed by atoms with van der Waals surface area (Å²) in [5, 5.41) is 15.0. The number of carboxylic acids is 1. The molecular formula is C27H33N7O9S2. The number of thiazole rings is 1. The lowest BCUT2D eigenvalue weighted by Gasteiger charge is -2.50. The first-order valence-electron chi connectivity index (χ1n) is 13.6. The molecule has 0 radical (unpaired) electrons. The third kappa shape index (κ3) is 7.47. The number of hydrogen-bond donors (Lipinski definition) is 4. The summed E-state index contributed by atoms with van der Waals surface area (Å²) in [6.45, 7) is 5.48. The van der Waals surface area contributed by atoms with Gasteiger partial charge >= 0.3 is 16.3 Å². The van der Waals surface area contributed by atoms with E-state index in [1.807, 2.05) is 17.7 Å². The quantitative estimate of drug-likeness (QED) is 0.0780. The van der Waals surface area contributed by atoms with Gasteiger partial charge in [-0.05, 0) is 58.0 Å². The second-order valence-corrected chi connectivity index (χ2v) is 12.9. The fraction of sp³-hybridized carbons (Fsp3) is 0.407. The van der Waals surface area contributed by atoms with E-state index >= 15 is 0 Å². The number of nitrogen functional groups attached to an aromatic ring is 1. The first-order chi connectivity index (χ1) is 21.1. The number of amides is 1. The molecule has 1 aromatic carbocycles. The van der Waals surface area contributed by atoms with Gasteiger partial charge in [0.25, 0.3) is 6.10 Å². The van der Waals surface area contributed by atoms with Gasteiger partial charge in [0.15, 0.2) is 16.6 Å². The van der Waals surface area contributed by atoms with Crippen LogP contribution in [0.1, 0.15) is 38.2 Å². The lowest BCUT2D eigenvalue weighted by molar-refractivity contribution is -0.156. The number of ether oxygens (including phenoxy) is 1. The highest BCUT2D eigenvalue weighted by atomic mass is 32.2. The summed E-state index contributed by atoms with van der Waals surface area (Å²) >= 11 is 0.984. The number of imidazole rings is 1. The van der Waals surface area contributed by atoms with Crippen LogP contribution in [0.4, 0.5) is 5.13 Å². The number of nitrogens with zero attached hydrogens (tertiary/aromatic N) is 5. The van der Waals surface area contributed by atoms with Crippen LogP contribution in [-0.4, -0.2) is 85.1 Å². The lowest BCUT2D eigenvalue weighted by atomic mass is 9.75. The van der Waals surface area contributed by atoms with Crippen molar-refractivity contribution in [3.8, 4) is 17.0 Å². The highest BCUT2D eigenvalue weighted by Gasteiger charge is 2.59. The van der Waals surface area contributed by atoms with Gasteiger partial charge in [0.1, 0.15) is 23.9 Å². The van der Waals surface area contributed by atoms with Crippen LogP contribution in [-0.2, 0) is 36.1 Å². The number of Topliss-reactive ketones (excluding diaryl/α,β-unsaturated/α-hetero) is 1. The molecule has 6 N–H and O–H groups in total. The molecule has 4 rings (SSSR count). The van der Waals surface area contributed by atoms with Crippen LogP contribution in [0.15, 0.2) is 41.0 Å². The molecule has 1 amide bonds. The van der Waals surface area contributed by atoms with E-state index in [0.717, 1.165) is 41.4 Å². The minimum absolute atomic E-state index is 0.0277. The number of aromatic nitrogens is 3. The van der Waals surface area contributed by atoms with Crippen molar-refractivity contribution in [3.63, 3.8) is 0 Å². The number of benzene rings is 1. The molecule has 18 heteroatoms. The molecule has 242 valence electrons. The molecule has 1 saturated heterocycles. The van der Waals surface area contributed by atoms with Crippen molar-refractivity contribution in [2.24, 2.45) is 16.8 Å². The van der Waals surface area contributed by atoms with E-state index in [9.17, 15) is 32.5 Å². The zero-order valence-electron chi connectivity index (χ0n) is 24.6. The number of hydrogen-bond acceptors (Lipinski definition) is 13. The van der Waals surface area contributed by atoms with Crippen molar-refractivity contribution < 1.29 is 42.0 Å². The number of oxime groups is 1. The number of nitrogens with two attached hydrogens (primary N) is 2. The standard InChI is InChI=1S/C27H33N7O9S2/c1-15-30-19(12-33(15)10-4-9-28)16-5-7-17(8-6-16)42-13-22(25(37)38)43-32-23(20-14-44-26(29)31-20)21(35)11-18-24(36)34(27(18,2)3)45(39,40)41/h5-8,12,14,18,22H,4,9-11,13,28H2,1-3H3,(H2,29,31)(H,37,38)(H,39,40,41)/b32-23-/t18-,22+/m1/s1. The Bertz CT molecular complexity index is 1720. The molecule has 3 heterocycles. The van der Waals surface area contributed by atoms with Crippen molar-refractivity contribution in [1.29, 1.82) is 0 Å². The van der Waals surface area contributed by atoms with E-state index in [1.54, 1.807) is 24.3 Å². The number of carboxylic acid groups (broad SMARTS) is 1. The molecule has 0 aliphatic carbocycles. The van der Waals surface area contributed by atoms with Crippen molar-refractivity contribution in [1.82, 2.24) is 18.8 Å². The highest BCUT2D eigenvalue weighted by molar-refractivity contribution is 7.84. The molecule has 0 saturated carbocycles. The van der Waals surface area contributed by atoms with Gasteiger partial charge in [0.2, 0.25) is 5.91 Å². The van der Waals surface area contributed by atoms with Crippen molar-refractivity contribution >= 4 is 50.1 Å². The van der Waals surface area contributed by atoms with E-state index in [1.165, 1.54) is 19.2 Å². The first kappa shape index (κ1) is 33.5. The van der Waals surface area contributed by atoms with E-state index < -0.39 is 64.3 Å². The normalized spacial score (nSPS) is 17.1. The van der Waals surface area contributed by atoms with E-state index in [0.29, 0.717) is 12.3 Å². The van der Waals surface area contributed by atoms with Gasteiger partial charge in [0, 0.05) is 30.1 Å². The molecule has 2 atom stereocenters. The summed E-state index contributed by atoms with van der Waals surface area (Å²) in [5.74, 6) is -3.14. The maximum Gasteiger partial charge on any atom is 0.362 e. The second-order valence-electron chi connectivity index (χ2n) is 10.7. The van der Waals surface area contributed by atoms with Crippen LogP contribution in [0.3, 0.4) is 0 Å². The third-order valence-corrected chi connectivity index (χ3v) is 8.99. The summed E-state index contributed by atoms with van der Waals surface area (Å²) in [5.41, 5.74) is 11.0. The van der Waals surface area contributed by atoms with Crippen LogP contribution >= 0.6 is 11.3 Å². The molecule has 2 aromatic heterocycles. The molecular weight excluding hydrogens is 630 g/mol. The van der Waals surface area contributed by atoms with Gasteiger partial charge in [-0.25, -0.2) is 19.1 Å². The zero-order valence-corrected chi connectivity index (χ0v) is 26.2. The van der Waals surface area contributed by atoms with Crippen LogP contribution in [0, 0.1) is 12.8 Å². The number of carbonyl (C=O) groups excluding carboxylic acids is 2. The Balaban J connectivity index is 1.45. The van der Waals surface area contributed by atoms with Crippen LogP contribution in [0.2, 0.25) is 0 Å². The Hall–Kier alpha value is -4.39. The summed E-state index contributed by atoms with van der Waals surface area (Å²) in [4.78, 5) is 51.5. The number of β-lactam (4-membered cyclic amide) rings is 1. The number of carbonyl (C=O) groups is 3. The molecule has 45 heavy (non-hydrogen) atoms. The monoisotopic (exact) mass is 663 g/mol. The smallest absolute Gasteiger partial charge is 0.362 e. The third-order valence-electron chi connectivity index (χ3n) is 7.20. The topological polar surface area (TPSA) is 243 Å². The molecule has 1 fully saturated rings. The number of aliphatic carboxylic acids is 1. The predicted molar refractivity (Wildman–Crippen MR) is 163 cm³/mol. The Morgan fingerprint density at radius 1 is 1.22 bits per heavy atom. The zero-order chi connectivity index (χ0) is 33.1. The molecule has 1 aliphatic heterocycles. The maximum absolute atomic E-state index is 13.3. The number of anilines is 1. The van der Waals surface area contributed by atoms with Gasteiger partial charge in [-0.3, -0.25) is 14.1 Å². The van der Waals surface area contributed by atoms with Gasteiger partial charge in [-0.2, -0.15) is 8.42 Å². The van der Waals surface area contributed by atoms with Gasteiger partial charge < -0.3 is 30.7 Å². The summed E-state index contributed by atoms with van der Waals surface area (Å²) in [7, 11) is -4.84. The van der Waals surface area contributed by atoms with E-state index in [-0.39, 0.29) is 15.1 Å². The van der Waals surface area contributed by atoms with Crippen molar-refractivity contribution in [2.45, 2.75) is 51.8 Å². The summed E-state index contributed by atoms with van der Waals surface area (Å²) < 4.78 is 40.5. The molecule has 1 aliphatic rings. The molecule has 3 aromatic rings. The van der Waals surface area contributed by atoms with Crippen LogP contribution in [0.5, 0.6) is 5.75 Å². The molecule has 0 spiro atoms. The second kappa shape index (κ2) is 13.3. The van der Waals surface area contributed by atoms with Crippen molar-refractivity contribution in [3.05, 3.63) is 47.4 Å². The highest BCUT2D eigenvalue weighted by Crippen LogP contribution is 2.41. The Kier molecular flexibility index (Phi) is 9.91. The van der Waals surface area contributed by atoms with Gasteiger partial charge in [-0.1, -0.05) is 5.16 Å². The van der Waals surface area contributed by atoms with E-state index in [4.69, 9.17) is 21.0 Å². The Morgan fingerprint density at radius 2 is 1.91 bits per heavy atom. The number of rotatable bonds is 15. The fourth-order valence-electron chi connectivity index (χ4n) is 4.76. The number of aryl methyl sites for hydroxylation is 2. The van der Waals surface area contributed by atoms with Crippen LogP contribution < -0.4 is 16.2 Å². The SMILES string of the molecule is Cc1nc(-c2ccc(OC[C@H](O/N=C(\C(=O)C[C@@H]3C(=O)N(S(=O)(=O)O)C3(C)C)c3csc(N)n3)C(=O)O)cc2)cn1CCCN. The number of ketones is 1. The molecule has 0 unspecified atom stereocenters. The average molecular weight is 664 g/mol. The van der Waals surface area contributed by atoms with E-state index in [2.05, 4.69) is 15.1 Å². The van der Waals surface area contributed by atoms with Crippen LogP contribution in [0.25, 0.3) is 11.3 Å². The predicted octanol–water partition coefficient (Wildman–Crippen LogP) is 1.50. The Morgan fingerprint density at radius 3 is 2.47 bits per heavy atom. The lowest BCUT2D eigenvalue weighted by Crippen LogP contribution is -2.69. The largest absolute Gasteiger partial charge is 0.489 e.